The van der Waals surface area contributed by atoms with E-state index in [0.717, 1.165) is 50.6 Å². The van der Waals surface area contributed by atoms with Crippen LogP contribution in [0.1, 0.15) is 43.8 Å². The van der Waals surface area contributed by atoms with Crippen molar-refractivity contribution in [1.29, 1.82) is 0 Å². The molecule has 2 rings (SSSR count). The van der Waals surface area contributed by atoms with E-state index >= 15 is 0 Å². The van der Waals surface area contributed by atoms with Crippen molar-refractivity contribution in [2.75, 3.05) is 20.3 Å². The van der Waals surface area contributed by atoms with Crippen molar-refractivity contribution < 1.29 is 9.26 Å². The third kappa shape index (κ3) is 3.26. The number of rotatable bonds is 6. The fourth-order valence-corrected chi connectivity index (χ4v) is 2.16. The summed E-state index contributed by atoms with van der Waals surface area (Å²) >= 11 is 0. The van der Waals surface area contributed by atoms with Gasteiger partial charge in [0, 0.05) is 25.0 Å². The number of likely N-dealkylation sites (N-methyl/N-ethyl adjacent to an activating group) is 1. The molecule has 96 valence electrons. The number of hydrogen-bond acceptors (Lipinski definition) is 5. The van der Waals surface area contributed by atoms with Gasteiger partial charge in [0.2, 0.25) is 5.89 Å². The Morgan fingerprint density at radius 3 is 3.06 bits per heavy atom. The molecule has 5 nitrogen and oxygen atoms in total. The lowest BCUT2D eigenvalue weighted by Gasteiger charge is -2.11. The van der Waals surface area contributed by atoms with Crippen LogP contribution in [0.15, 0.2) is 4.52 Å². The molecule has 1 N–H and O–H groups in total. The summed E-state index contributed by atoms with van der Waals surface area (Å²) in [6.45, 7) is 3.71. The van der Waals surface area contributed by atoms with E-state index in [1.807, 2.05) is 7.05 Å². The van der Waals surface area contributed by atoms with E-state index in [-0.39, 0.29) is 0 Å². The Hall–Kier alpha value is -0.940. The summed E-state index contributed by atoms with van der Waals surface area (Å²) in [5.41, 5.74) is 0. The minimum atomic E-state index is 0.326. The molecule has 5 heteroatoms. The highest BCUT2D eigenvalue weighted by atomic mass is 16.5. The predicted molar refractivity (Wildman–Crippen MR) is 63.9 cm³/mol. The first-order chi connectivity index (χ1) is 8.33. The van der Waals surface area contributed by atoms with E-state index < -0.39 is 0 Å². The van der Waals surface area contributed by atoms with Crippen LogP contribution in [0.2, 0.25) is 0 Å². The van der Waals surface area contributed by atoms with Gasteiger partial charge in [-0.05, 0) is 19.9 Å². The van der Waals surface area contributed by atoms with Crippen LogP contribution in [0, 0.1) is 0 Å². The zero-order valence-corrected chi connectivity index (χ0v) is 10.6. The molecule has 1 aliphatic rings. The van der Waals surface area contributed by atoms with Crippen LogP contribution < -0.4 is 5.32 Å². The van der Waals surface area contributed by atoms with Gasteiger partial charge in [0.25, 0.3) is 0 Å². The highest BCUT2D eigenvalue weighted by molar-refractivity contribution is 4.98. The predicted octanol–water partition coefficient (Wildman–Crippen LogP) is 1.50. The van der Waals surface area contributed by atoms with E-state index in [0.29, 0.717) is 12.0 Å². The average Bonchev–Trinajstić information content (AvgIpc) is 2.98. The molecule has 0 saturated carbocycles. The van der Waals surface area contributed by atoms with Gasteiger partial charge in [-0.2, -0.15) is 4.98 Å². The highest BCUT2D eigenvalue weighted by Crippen LogP contribution is 2.22. The van der Waals surface area contributed by atoms with Crippen molar-refractivity contribution in [2.24, 2.45) is 0 Å². The van der Waals surface area contributed by atoms with Crippen LogP contribution in [-0.2, 0) is 11.2 Å². The number of nitrogens with zero attached hydrogens (tertiary/aromatic N) is 2. The van der Waals surface area contributed by atoms with Gasteiger partial charge in [-0.25, -0.2) is 0 Å². The van der Waals surface area contributed by atoms with Gasteiger partial charge >= 0.3 is 0 Å². The van der Waals surface area contributed by atoms with Gasteiger partial charge in [0.1, 0.15) is 0 Å². The molecule has 0 aromatic carbocycles. The largest absolute Gasteiger partial charge is 0.381 e. The lowest BCUT2D eigenvalue weighted by atomic mass is 10.1. The average molecular weight is 239 g/mol. The normalized spacial score (nSPS) is 21.9. The zero-order chi connectivity index (χ0) is 12.1. The SMILES string of the molecule is CCCC(Cc1nc(C2CCOC2)no1)NC. The van der Waals surface area contributed by atoms with Crippen LogP contribution in [0.5, 0.6) is 0 Å². The molecule has 2 unspecified atom stereocenters. The molecule has 1 fully saturated rings. The Kier molecular flexibility index (Phi) is 4.50. The van der Waals surface area contributed by atoms with Crippen LogP contribution in [0.25, 0.3) is 0 Å². The summed E-state index contributed by atoms with van der Waals surface area (Å²) in [6, 6.07) is 0.424. The number of ether oxygens (including phenoxy) is 1. The Morgan fingerprint density at radius 2 is 2.41 bits per heavy atom. The first kappa shape index (κ1) is 12.5. The maximum absolute atomic E-state index is 5.33. The molecule has 1 aromatic heterocycles. The summed E-state index contributed by atoms with van der Waals surface area (Å²) in [5.74, 6) is 1.87. The maximum Gasteiger partial charge on any atom is 0.228 e. The van der Waals surface area contributed by atoms with Crippen molar-refractivity contribution in [3.8, 4) is 0 Å². The Labute approximate surface area is 102 Å². The second kappa shape index (κ2) is 6.12. The maximum atomic E-state index is 5.33. The molecule has 0 radical (unpaired) electrons. The van der Waals surface area contributed by atoms with Gasteiger partial charge in [0.05, 0.1) is 6.61 Å². The molecule has 1 aliphatic heterocycles. The van der Waals surface area contributed by atoms with Crippen LogP contribution in [-0.4, -0.2) is 36.4 Å². The van der Waals surface area contributed by atoms with Crippen LogP contribution in [0.4, 0.5) is 0 Å². The lowest BCUT2D eigenvalue weighted by molar-refractivity contribution is 0.192. The van der Waals surface area contributed by atoms with E-state index in [2.05, 4.69) is 22.4 Å². The highest BCUT2D eigenvalue weighted by Gasteiger charge is 2.23. The molecule has 0 spiro atoms. The minimum absolute atomic E-state index is 0.326. The molecule has 1 saturated heterocycles. The fourth-order valence-electron chi connectivity index (χ4n) is 2.16. The van der Waals surface area contributed by atoms with Crippen LogP contribution in [0.3, 0.4) is 0 Å². The van der Waals surface area contributed by atoms with Crippen molar-refractivity contribution in [2.45, 2.75) is 44.6 Å². The van der Waals surface area contributed by atoms with Gasteiger partial charge in [-0.15, -0.1) is 0 Å². The van der Waals surface area contributed by atoms with Crippen LogP contribution >= 0.6 is 0 Å². The molecular weight excluding hydrogens is 218 g/mol. The smallest absolute Gasteiger partial charge is 0.228 e. The lowest BCUT2D eigenvalue weighted by Crippen LogP contribution is -2.27. The molecule has 0 bridgehead atoms. The van der Waals surface area contributed by atoms with Gasteiger partial charge in [0.15, 0.2) is 5.82 Å². The van der Waals surface area contributed by atoms with Gasteiger partial charge < -0.3 is 14.6 Å². The molecule has 1 aromatic rings. The minimum Gasteiger partial charge on any atom is -0.381 e. The topological polar surface area (TPSA) is 60.2 Å². The third-order valence-corrected chi connectivity index (χ3v) is 3.25. The Balaban J connectivity index is 1.92. The molecule has 17 heavy (non-hydrogen) atoms. The molecule has 2 atom stereocenters. The standard InChI is InChI=1S/C12H21N3O2/c1-3-4-10(13-2)7-11-14-12(15-17-11)9-5-6-16-8-9/h9-10,13H,3-8H2,1-2H3. The first-order valence-corrected chi connectivity index (χ1v) is 6.41. The fraction of sp³-hybridized carbons (Fsp3) is 0.833. The summed E-state index contributed by atoms with van der Waals surface area (Å²) in [6.07, 6.45) is 4.10. The summed E-state index contributed by atoms with van der Waals surface area (Å²) < 4.78 is 10.6. The second-order valence-corrected chi connectivity index (χ2v) is 4.59. The quantitative estimate of drug-likeness (QED) is 0.815. The van der Waals surface area contributed by atoms with E-state index in [4.69, 9.17) is 9.26 Å². The molecular formula is C12H21N3O2. The number of hydrogen-bond donors (Lipinski definition) is 1. The monoisotopic (exact) mass is 239 g/mol. The Morgan fingerprint density at radius 1 is 1.53 bits per heavy atom. The summed E-state index contributed by atoms with van der Waals surface area (Å²) in [5, 5.41) is 7.33. The molecule has 0 amide bonds. The van der Waals surface area contributed by atoms with Crippen molar-refractivity contribution >= 4 is 0 Å². The molecule has 2 heterocycles. The van der Waals surface area contributed by atoms with Gasteiger partial charge in [-0.3, -0.25) is 0 Å². The van der Waals surface area contributed by atoms with Crippen molar-refractivity contribution in [1.82, 2.24) is 15.5 Å². The van der Waals surface area contributed by atoms with Crippen molar-refractivity contribution in [3.05, 3.63) is 11.7 Å². The third-order valence-electron chi connectivity index (χ3n) is 3.25. The van der Waals surface area contributed by atoms with E-state index in [9.17, 15) is 0 Å². The molecule has 0 aliphatic carbocycles. The Bertz CT molecular complexity index is 334. The van der Waals surface area contributed by atoms with Crippen molar-refractivity contribution in [3.63, 3.8) is 0 Å². The summed E-state index contributed by atoms with van der Waals surface area (Å²) in [4.78, 5) is 4.46. The number of aromatic nitrogens is 2. The second-order valence-electron chi connectivity index (χ2n) is 4.59. The van der Waals surface area contributed by atoms with E-state index in [1.54, 1.807) is 0 Å². The first-order valence-electron chi connectivity index (χ1n) is 6.41. The number of nitrogens with one attached hydrogen (secondary N) is 1. The van der Waals surface area contributed by atoms with Gasteiger partial charge in [-0.1, -0.05) is 18.5 Å². The summed E-state index contributed by atoms with van der Waals surface area (Å²) in [7, 11) is 1.97. The zero-order valence-electron chi connectivity index (χ0n) is 10.6. The van der Waals surface area contributed by atoms with E-state index in [1.165, 1.54) is 0 Å².